The Bertz CT molecular complexity index is 957. The molecule has 2 N–H and O–H groups in total. The molecule has 2 aromatic heterocycles. The number of benzene rings is 1. The molecular formula is C19H19FN4O2. The number of nitrogens with one attached hydrogen (secondary N) is 1. The highest BCUT2D eigenvalue weighted by atomic mass is 19.1. The van der Waals surface area contributed by atoms with Crippen molar-refractivity contribution in [2.75, 3.05) is 18.0 Å². The number of fused-ring (bicyclic) bond motifs is 1. The molecule has 0 aliphatic carbocycles. The Morgan fingerprint density at radius 1 is 1.31 bits per heavy atom. The molecule has 0 unspecified atom stereocenters. The van der Waals surface area contributed by atoms with E-state index in [4.69, 9.17) is 0 Å². The molecule has 4 rings (SSSR count). The summed E-state index contributed by atoms with van der Waals surface area (Å²) in [4.78, 5) is 25.8. The number of piperidine rings is 1. The molecule has 1 aliphatic heterocycles. The summed E-state index contributed by atoms with van der Waals surface area (Å²) in [6.07, 6.45) is 4.64. The monoisotopic (exact) mass is 354 g/mol. The van der Waals surface area contributed by atoms with Gasteiger partial charge < -0.3 is 15.0 Å². The zero-order valence-electron chi connectivity index (χ0n) is 14.2. The van der Waals surface area contributed by atoms with Crippen molar-refractivity contribution in [3.05, 3.63) is 54.2 Å². The lowest BCUT2D eigenvalue weighted by Crippen LogP contribution is -2.49. The Balaban J connectivity index is 1.69. The minimum atomic E-state index is -1.05. The molecular weight excluding hydrogens is 335 g/mol. The van der Waals surface area contributed by atoms with E-state index >= 15 is 0 Å². The van der Waals surface area contributed by atoms with Crippen molar-refractivity contribution < 1.29 is 14.3 Å². The third-order valence-corrected chi connectivity index (χ3v) is 5.15. The van der Waals surface area contributed by atoms with Gasteiger partial charge in [0.25, 0.3) is 0 Å². The maximum atomic E-state index is 14.1. The first-order valence-corrected chi connectivity index (χ1v) is 8.59. The van der Waals surface area contributed by atoms with Crippen LogP contribution in [-0.2, 0) is 11.2 Å². The Hall–Kier alpha value is -2.96. The Labute approximate surface area is 149 Å². The first-order chi connectivity index (χ1) is 12.6. The number of hydrogen-bond donors (Lipinski definition) is 2. The van der Waals surface area contributed by atoms with Gasteiger partial charge in [-0.2, -0.15) is 0 Å². The largest absolute Gasteiger partial charge is 0.481 e. The van der Waals surface area contributed by atoms with E-state index in [0.717, 1.165) is 16.9 Å². The molecule has 1 fully saturated rings. The average molecular weight is 354 g/mol. The summed E-state index contributed by atoms with van der Waals surface area (Å²) in [5, 5.41) is 10.9. The van der Waals surface area contributed by atoms with Crippen molar-refractivity contribution >= 4 is 22.8 Å². The van der Waals surface area contributed by atoms with Gasteiger partial charge in [-0.05, 0) is 37.0 Å². The number of carboxylic acids is 1. The number of carbonyl (C=O) groups is 1. The Morgan fingerprint density at radius 3 is 2.96 bits per heavy atom. The van der Waals surface area contributed by atoms with Crippen LogP contribution in [0.4, 0.5) is 10.2 Å². The molecule has 6 nitrogen and oxygen atoms in total. The van der Waals surface area contributed by atoms with Gasteiger partial charge in [0, 0.05) is 19.3 Å². The number of hydrogen-bond acceptors (Lipinski definition) is 4. The van der Waals surface area contributed by atoms with Crippen LogP contribution in [0.15, 0.2) is 42.9 Å². The summed E-state index contributed by atoms with van der Waals surface area (Å²) < 4.78 is 14.1. The van der Waals surface area contributed by atoms with Gasteiger partial charge in [0.05, 0.1) is 10.8 Å². The molecule has 0 bridgehead atoms. The first-order valence-electron chi connectivity index (χ1n) is 8.59. The number of H-pyrrole nitrogens is 1. The summed E-state index contributed by atoms with van der Waals surface area (Å²) in [7, 11) is 0. The Kier molecular flexibility index (Phi) is 4.06. The van der Waals surface area contributed by atoms with Crippen molar-refractivity contribution in [3.8, 4) is 0 Å². The molecule has 0 radical (unpaired) electrons. The standard InChI is InChI=1S/C19H19FN4O2/c20-15-5-2-1-4-13(15)10-19(18(25)26)7-3-9-24(11-19)17-14-6-8-21-16(14)22-12-23-17/h1-2,4-6,8,12H,3,7,9-11H2,(H,25,26)(H,21,22,23)/t19-/m1/s1. The lowest BCUT2D eigenvalue weighted by atomic mass is 9.75. The smallest absolute Gasteiger partial charge is 0.311 e. The van der Waals surface area contributed by atoms with Crippen molar-refractivity contribution in [2.45, 2.75) is 19.3 Å². The van der Waals surface area contributed by atoms with Crippen LogP contribution in [0, 0.1) is 11.2 Å². The number of nitrogens with zero attached hydrogens (tertiary/aromatic N) is 3. The van der Waals surface area contributed by atoms with Crippen molar-refractivity contribution in [3.63, 3.8) is 0 Å². The molecule has 1 atom stereocenters. The molecule has 0 spiro atoms. The molecule has 26 heavy (non-hydrogen) atoms. The summed E-state index contributed by atoms with van der Waals surface area (Å²) in [5.74, 6) is -0.541. The van der Waals surface area contributed by atoms with Crippen molar-refractivity contribution in [1.82, 2.24) is 15.0 Å². The molecule has 1 saturated heterocycles. The molecule has 1 aliphatic rings. The predicted molar refractivity (Wildman–Crippen MR) is 95.5 cm³/mol. The lowest BCUT2D eigenvalue weighted by molar-refractivity contribution is -0.149. The average Bonchev–Trinajstić information content (AvgIpc) is 3.12. The van der Waals surface area contributed by atoms with Crippen LogP contribution < -0.4 is 4.90 Å². The zero-order chi connectivity index (χ0) is 18.1. The summed E-state index contributed by atoms with van der Waals surface area (Å²) >= 11 is 0. The normalized spacial score (nSPS) is 20.4. The van der Waals surface area contributed by atoms with Crippen LogP contribution in [-0.4, -0.2) is 39.1 Å². The fraction of sp³-hybridized carbons (Fsp3) is 0.316. The molecule has 3 heterocycles. The predicted octanol–water partition coefficient (Wildman–Crippen LogP) is 3.01. The highest BCUT2D eigenvalue weighted by molar-refractivity contribution is 5.88. The van der Waals surface area contributed by atoms with Gasteiger partial charge in [-0.25, -0.2) is 14.4 Å². The number of aromatic amines is 1. The third kappa shape index (κ3) is 2.79. The number of halogens is 1. The van der Waals surface area contributed by atoms with Crippen LogP contribution in [0.25, 0.3) is 11.0 Å². The van der Waals surface area contributed by atoms with E-state index in [1.54, 1.807) is 24.4 Å². The number of carboxylic acid groups (broad SMARTS) is 1. The second kappa shape index (κ2) is 6.40. The fourth-order valence-electron chi connectivity index (χ4n) is 3.82. The fourth-order valence-corrected chi connectivity index (χ4v) is 3.82. The topological polar surface area (TPSA) is 82.1 Å². The maximum absolute atomic E-state index is 14.1. The van der Waals surface area contributed by atoms with Crippen LogP contribution in [0.2, 0.25) is 0 Å². The highest BCUT2D eigenvalue weighted by Crippen LogP contribution is 2.37. The summed E-state index contributed by atoms with van der Waals surface area (Å²) in [6.45, 7) is 0.998. The Morgan fingerprint density at radius 2 is 2.15 bits per heavy atom. The van der Waals surface area contributed by atoms with Gasteiger partial charge >= 0.3 is 5.97 Å². The molecule has 1 aromatic carbocycles. The van der Waals surface area contributed by atoms with Crippen LogP contribution in [0.1, 0.15) is 18.4 Å². The summed E-state index contributed by atoms with van der Waals surface area (Å²) in [5.41, 5.74) is 0.107. The minimum absolute atomic E-state index is 0.160. The molecule has 3 aromatic rings. The van der Waals surface area contributed by atoms with E-state index < -0.39 is 11.4 Å². The van der Waals surface area contributed by atoms with E-state index in [0.29, 0.717) is 24.9 Å². The van der Waals surface area contributed by atoms with Gasteiger partial charge in [0.15, 0.2) is 0 Å². The number of aliphatic carboxylic acids is 1. The number of aromatic nitrogens is 3. The van der Waals surface area contributed by atoms with Gasteiger partial charge in [-0.15, -0.1) is 0 Å². The second-order valence-electron chi connectivity index (χ2n) is 6.82. The summed E-state index contributed by atoms with van der Waals surface area (Å²) in [6, 6.07) is 8.27. The van der Waals surface area contributed by atoms with Crippen molar-refractivity contribution in [1.29, 1.82) is 0 Å². The van der Waals surface area contributed by atoms with E-state index in [2.05, 4.69) is 15.0 Å². The SMILES string of the molecule is O=C(O)[C@@]1(Cc2ccccc2F)CCCN(c2ncnc3[nH]ccc23)C1. The quantitative estimate of drug-likeness (QED) is 0.753. The van der Waals surface area contributed by atoms with Gasteiger partial charge in [-0.1, -0.05) is 18.2 Å². The van der Waals surface area contributed by atoms with E-state index in [1.807, 2.05) is 11.0 Å². The molecule has 7 heteroatoms. The minimum Gasteiger partial charge on any atom is -0.481 e. The molecule has 0 amide bonds. The number of anilines is 1. The van der Waals surface area contributed by atoms with Crippen LogP contribution in [0.3, 0.4) is 0 Å². The second-order valence-corrected chi connectivity index (χ2v) is 6.82. The number of rotatable bonds is 4. The van der Waals surface area contributed by atoms with Gasteiger partial charge in [-0.3, -0.25) is 4.79 Å². The van der Waals surface area contributed by atoms with Gasteiger partial charge in [0.1, 0.15) is 23.6 Å². The lowest BCUT2D eigenvalue weighted by Gasteiger charge is -2.40. The van der Waals surface area contributed by atoms with E-state index in [1.165, 1.54) is 12.4 Å². The van der Waals surface area contributed by atoms with Crippen LogP contribution in [0.5, 0.6) is 0 Å². The van der Waals surface area contributed by atoms with Crippen molar-refractivity contribution in [2.24, 2.45) is 5.41 Å². The van der Waals surface area contributed by atoms with E-state index in [9.17, 15) is 14.3 Å². The maximum Gasteiger partial charge on any atom is 0.311 e. The third-order valence-electron chi connectivity index (χ3n) is 5.15. The highest BCUT2D eigenvalue weighted by Gasteiger charge is 2.43. The molecule has 0 saturated carbocycles. The zero-order valence-corrected chi connectivity index (χ0v) is 14.2. The first kappa shape index (κ1) is 16.5. The van der Waals surface area contributed by atoms with E-state index in [-0.39, 0.29) is 18.8 Å². The van der Waals surface area contributed by atoms with Gasteiger partial charge in [0.2, 0.25) is 0 Å². The molecule has 134 valence electrons. The van der Waals surface area contributed by atoms with Crippen LogP contribution >= 0.6 is 0 Å².